The maximum atomic E-state index is 12.2. The predicted octanol–water partition coefficient (Wildman–Crippen LogP) is 2.44. The van der Waals surface area contributed by atoms with E-state index in [2.05, 4.69) is 0 Å². The van der Waals surface area contributed by atoms with Gasteiger partial charge in [0.15, 0.2) is 0 Å². The molecule has 4 nitrogen and oxygen atoms in total. The number of carbonyl (C=O) groups excluding carboxylic acids is 1. The molecule has 1 aliphatic rings. The van der Waals surface area contributed by atoms with Crippen LogP contribution in [-0.2, 0) is 4.79 Å². The zero-order valence-corrected chi connectivity index (χ0v) is 11.6. The van der Waals surface area contributed by atoms with Crippen LogP contribution in [0, 0.1) is 18.8 Å². The van der Waals surface area contributed by atoms with Crippen LogP contribution in [0.5, 0.6) is 0 Å². The second-order valence-corrected chi connectivity index (χ2v) is 5.49. The predicted molar refractivity (Wildman–Crippen MR) is 72.4 cm³/mol. The molecule has 1 aliphatic heterocycles. The molecule has 0 aromatic heterocycles. The first-order valence-electron chi connectivity index (χ1n) is 6.18. The summed E-state index contributed by atoms with van der Waals surface area (Å²) in [5, 5.41) is 9.52. The molecule has 5 heteroatoms. The Balaban J connectivity index is 2.02. The van der Waals surface area contributed by atoms with Gasteiger partial charge in [-0.25, -0.2) is 0 Å². The van der Waals surface area contributed by atoms with Crippen LogP contribution >= 0.6 is 11.6 Å². The van der Waals surface area contributed by atoms with E-state index in [0.717, 1.165) is 5.56 Å². The Morgan fingerprint density at radius 3 is 2.58 bits per heavy atom. The van der Waals surface area contributed by atoms with E-state index in [-0.39, 0.29) is 11.8 Å². The molecule has 1 fully saturated rings. The zero-order valence-electron chi connectivity index (χ0n) is 10.9. The summed E-state index contributed by atoms with van der Waals surface area (Å²) in [6, 6.07) is 5.17. The van der Waals surface area contributed by atoms with Crippen LogP contribution in [0.25, 0.3) is 0 Å². The highest BCUT2D eigenvalue weighted by molar-refractivity contribution is 6.30. The fourth-order valence-corrected chi connectivity index (χ4v) is 2.46. The molecule has 1 amide bonds. The van der Waals surface area contributed by atoms with Crippen LogP contribution in [0.3, 0.4) is 0 Å². The van der Waals surface area contributed by atoms with Gasteiger partial charge in [0.25, 0.3) is 5.91 Å². The minimum absolute atomic E-state index is 0.0501. The summed E-state index contributed by atoms with van der Waals surface area (Å²) in [6.07, 6.45) is 0. The fraction of sp³-hybridized carbons (Fsp3) is 0.429. The van der Waals surface area contributed by atoms with E-state index >= 15 is 0 Å². The number of carboxylic acid groups (broad SMARTS) is 1. The summed E-state index contributed by atoms with van der Waals surface area (Å²) >= 11 is 5.86. The Morgan fingerprint density at radius 2 is 2.05 bits per heavy atom. The summed E-state index contributed by atoms with van der Waals surface area (Å²) in [5.41, 5.74) is 1.47. The molecular formula is C14H16ClNO3. The number of benzene rings is 1. The lowest BCUT2D eigenvalue weighted by Crippen LogP contribution is -2.53. The van der Waals surface area contributed by atoms with Gasteiger partial charge in [-0.1, -0.05) is 18.5 Å². The Kier molecular flexibility index (Phi) is 3.80. The van der Waals surface area contributed by atoms with Crippen molar-refractivity contribution in [2.45, 2.75) is 13.8 Å². The third kappa shape index (κ3) is 2.73. The molecule has 0 aliphatic carbocycles. The molecule has 1 N–H and O–H groups in total. The van der Waals surface area contributed by atoms with Gasteiger partial charge in [0.2, 0.25) is 0 Å². The van der Waals surface area contributed by atoms with Crippen LogP contribution in [-0.4, -0.2) is 35.0 Å². The molecule has 1 heterocycles. The van der Waals surface area contributed by atoms with Crippen molar-refractivity contribution < 1.29 is 14.7 Å². The number of nitrogens with zero attached hydrogens (tertiary/aromatic N) is 1. The lowest BCUT2D eigenvalue weighted by atomic mass is 9.86. The van der Waals surface area contributed by atoms with Crippen molar-refractivity contribution in [3.05, 3.63) is 34.3 Å². The summed E-state index contributed by atoms with van der Waals surface area (Å²) in [6.45, 7) is 4.54. The number of likely N-dealkylation sites (tertiary alicyclic amines) is 1. The minimum atomic E-state index is -0.806. The van der Waals surface area contributed by atoms with E-state index in [4.69, 9.17) is 16.7 Å². The van der Waals surface area contributed by atoms with Gasteiger partial charge in [-0.05, 0) is 30.7 Å². The third-order valence-electron chi connectivity index (χ3n) is 3.71. The molecule has 0 spiro atoms. The lowest BCUT2D eigenvalue weighted by molar-refractivity contribution is -0.144. The average Bonchev–Trinajstić information content (AvgIpc) is 2.26. The molecule has 19 heavy (non-hydrogen) atoms. The van der Waals surface area contributed by atoms with Crippen molar-refractivity contribution >= 4 is 23.5 Å². The maximum Gasteiger partial charge on any atom is 0.306 e. The number of hydrogen-bond acceptors (Lipinski definition) is 2. The van der Waals surface area contributed by atoms with E-state index in [1.165, 1.54) is 0 Å². The van der Waals surface area contributed by atoms with Gasteiger partial charge in [0.05, 0.1) is 5.92 Å². The van der Waals surface area contributed by atoms with E-state index in [0.29, 0.717) is 23.7 Å². The normalized spacial score (nSPS) is 16.9. The first kappa shape index (κ1) is 13.9. The highest BCUT2D eigenvalue weighted by atomic mass is 35.5. The molecule has 0 bridgehead atoms. The largest absolute Gasteiger partial charge is 0.481 e. The van der Waals surface area contributed by atoms with E-state index < -0.39 is 11.9 Å². The average molecular weight is 282 g/mol. The number of rotatable bonds is 3. The Bertz CT molecular complexity index is 523. The molecule has 0 saturated carbocycles. The van der Waals surface area contributed by atoms with Crippen LogP contribution in [0.1, 0.15) is 22.8 Å². The summed E-state index contributed by atoms with van der Waals surface area (Å²) < 4.78 is 0. The SMILES string of the molecule is Cc1cc(Cl)ccc1C(=O)N1CC(C(C)C(=O)O)C1. The smallest absolute Gasteiger partial charge is 0.306 e. The van der Waals surface area contributed by atoms with E-state index in [1.807, 2.05) is 6.92 Å². The molecule has 1 aromatic carbocycles. The van der Waals surface area contributed by atoms with Gasteiger partial charge in [-0.3, -0.25) is 9.59 Å². The molecule has 1 aromatic rings. The number of aryl methyl sites for hydroxylation is 1. The molecule has 1 saturated heterocycles. The maximum absolute atomic E-state index is 12.2. The van der Waals surface area contributed by atoms with Crippen molar-refractivity contribution in [1.82, 2.24) is 4.90 Å². The molecule has 2 rings (SSSR count). The Labute approximate surface area is 117 Å². The fourth-order valence-electron chi connectivity index (χ4n) is 2.23. The first-order valence-corrected chi connectivity index (χ1v) is 6.56. The van der Waals surface area contributed by atoms with Gasteiger partial charge in [0, 0.05) is 29.6 Å². The third-order valence-corrected chi connectivity index (χ3v) is 3.95. The van der Waals surface area contributed by atoms with Crippen molar-refractivity contribution in [1.29, 1.82) is 0 Å². The number of amides is 1. The van der Waals surface area contributed by atoms with E-state index in [9.17, 15) is 9.59 Å². The first-order chi connectivity index (χ1) is 8.90. The lowest BCUT2D eigenvalue weighted by Gasteiger charge is -2.41. The van der Waals surface area contributed by atoms with Crippen molar-refractivity contribution in [2.75, 3.05) is 13.1 Å². The number of aliphatic carboxylic acids is 1. The number of carboxylic acids is 1. The molecule has 0 radical (unpaired) electrons. The summed E-state index contributed by atoms with van der Waals surface area (Å²) in [7, 11) is 0. The molecule has 1 unspecified atom stereocenters. The Morgan fingerprint density at radius 1 is 1.42 bits per heavy atom. The molecular weight excluding hydrogens is 266 g/mol. The second kappa shape index (κ2) is 5.21. The zero-order chi connectivity index (χ0) is 14.2. The van der Waals surface area contributed by atoms with Gasteiger partial charge in [-0.2, -0.15) is 0 Å². The highest BCUT2D eigenvalue weighted by Crippen LogP contribution is 2.27. The number of hydrogen-bond donors (Lipinski definition) is 1. The minimum Gasteiger partial charge on any atom is -0.481 e. The summed E-state index contributed by atoms with van der Waals surface area (Å²) in [4.78, 5) is 24.8. The molecule has 1 atom stereocenters. The number of carbonyl (C=O) groups is 2. The van der Waals surface area contributed by atoms with Crippen molar-refractivity contribution in [3.63, 3.8) is 0 Å². The molecule has 102 valence electrons. The quantitative estimate of drug-likeness (QED) is 0.926. The van der Waals surface area contributed by atoms with Crippen molar-refractivity contribution in [3.8, 4) is 0 Å². The van der Waals surface area contributed by atoms with Gasteiger partial charge >= 0.3 is 5.97 Å². The van der Waals surface area contributed by atoms with Crippen LogP contribution in [0.2, 0.25) is 5.02 Å². The monoisotopic (exact) mass is 281 g/mol. The van der Waals surface area contributed by atoms with E-state index in [1.54, 1.807) is 30.0 Å². The number of halogens is 1. The van der Waals surface area contributed by atoms with Gasteiger partial charge < -0.3 is 10.0 Å². The van der Waals surface area contributed by atoms with Crippen molar-refractivity contribution in [2.24, 2.45) is 11.8 Å². The van der Waals surface area contributed by atoms with Crippen LogP contribution in [0.15, 0.2) is 18.2 Å². The standard InChI is InChI=1S/C14H16ClNO3/c1-8-5-11(15)3-4-12(8)13(17)16-6-10(7-16)9(2)14(18)19/h3-5,9-10H,6-7H2,1-2H3,(H,18,19). The topological polar surface area (TPSA) is 57.6 Å². The van der Waals surface area contributed by atoms with Gasteiger partial charge in [0.1, 0.15) is 0 Å². The van der Waals surface area contributed by atoms with Crippen LogP contribution < -0.4 is 0 Å². The van der Waals surface area contributed by atoms with Gasteiger partial charge in [-0.15, -0.1) is 0 Å². The summed E-state index contributed by atoms with van der Waals surface area (Å²) in [5.74, 6) is -1.22. The second-order valence-electron chi connectivity index (χ2n) is 5.06. The Hall–Kier alpha value is -1.55. The highest BCUT2D eigenvalue weighted by Gasteiger charge is 2.37. The van der Waals surface area contributed by atoms with Crippen LogP contribution in [0.4, 0.5) is 0 Å².